The van der Waals surface area contributed by atoms with E-state index in [0.717, 1.165) is 33.4 Å². The number of nitrogens with zero attached hydrogens (tertiary/aromatic N) is 3. The third kappa shape index (κ3) is 8.23. The molecule has 14 heteroatoms. The van der Waals surface area contributed by atoms with Crippen molar-refractivity contribution in [2.75, 3.05) is 19.8 Å². The van der Waals surface area contributed by atoms with Crippen LogP contribution in [0.2, 0.25) is 0 Å². The summed E-state index contributed by atoms with van der Waals surface area (Å²) in [5.41, 5.74) is 15.2. The summed E-state index contributed by atoms with van der Waals surface area (Å²) in [6.45, 7) is 0.691. The number of hydrogen-bond acceptors (Lipinski definition) is 11. The summed E-state index contributed by atoms with van der Waals surface area (Å²) < 4.78 is 41.3. The number of alkyl carbamates (subject to hydrolysis) is 1. The van der Waals surface area contributed by atoms with Crippen LogP contribution >= 0.6 is 0 Å². The number of rotatable bonds is 12. The maximum absolute atomic E-state index is 13.5. The molecule has 14 nitrogen and oxygen atoms in total. The van der Waals surface area contributed by atoms with Crippen LogP contribution < -0.4 is 5.32 Å². The Labute approximate surface area is 310 Å². The molecule has 2 heterocycles. The van der Waals surface area contributed by atoms with Crippen molar-refractivity contribution in [2.24, 2.45) is 5.11 Å². The Hall–Kier alpha value is -5.76. The fraction of sp³-hybridized carbons (Fsp3) is 0.325. The van der Waals surface area contributed by atoms with Crippen molar-refractivity contribution in [1.29, 1.82) is 0 Å². The minimum absolute atomic E-state index is 0.00824. The molecule has 278 valence electrons. The van der Waals surface area contributed by atoms with Crippen LogP contribution in [0, 0.1) is 0 Å². The number of esters is 2. The van der Waals surface area contributed by atoms with Crippen molar-refractivity contribution < 1.29 is 47.5 Å². The van der Waals surface area contributed by atoms with Gasteiger partial charge < -0.3 is 38.5 Å². The third-order valence-electron chi connectivity index (χ3n) is 9.44. The van der Waals surface area contributed by atoms with Crippen molar-refractivity contribution >= 4 is 18.0 Å². The molecule has 2 unspecified atom stereocenters. The normalized spacial score (nSPS) is 23.4. The van der Waals surface area contributed by atoms with E-state index in [-0.39, 0.29) is 25.7 Å². The Morgan fingerprint density at radius 1 is 0.870 bits per heavy atom. The van der Waals surface area contributed by atoms with E-state index in [2.05, 4.69) is 15.3 Å². The van der Waals surface area contributed by atoms with Gasteiger partial charge in [-0.3, -0.25) is 4.79 Å². The summed E-state index contributed by atoms with van der Waals surface area (Å²) in [7, 11) is 0. The number of azide groups is 1. The number of amides is 1. The van der Waals surface area contributed by atoms with Crippen LogP contribution in [0.1, 0.15) is 41.4 Å². The number of ether oxygens (including phenoxy) is 7. The first-order valence-corrected chi connectivity index (χ1v) is 17.5. The highest BCUT2D eigenvalue weighted by molar-refractivity contribution is 5.82. The van der Waals surface area contributed by atoms with Gasteiger partial charge in [-0.25, -0.2) is 9.59 Å². The van der Waals surface area contributed by atoms with Crippen LogP contribution in [0.15, 0.2) is 114 Å². The van der Waals surface area contributed by atoms with E-state index in [0.29, 0.717) is 0 Å². The second kappa shape index (κ2) is 16.9. The maximum atomic E-state index is 13.5. The summed E-state index contributed by atoms with van der Waals surface area (Å²) >= 11 is 0. The molecule has 0 radical (unpaired) electrons. The minimum atomic E-state index is -1.38. The van der Waals surface area contributed by atoms with E-state index >= 15 is 0 Å². The van der Waals surface area contributed by atoms with Gasteiger partial charge in [0.15, 0.2) is 18.6 Å². The summed E-state index contributed by atoms with van der Waals surface area (Å²) in [5, 5.41) is 6.44. The molecule has 1 N–H and O–H groups in total. The van der Waals surface area contributed by atoms with Gasteiger partial charge in [-0.05, 0) is 33.3 Å². The predicted octanol–water partition coefficient (Wildman–Crippen LogP) is 6.10. The quantitative estimate of drug-likeness (QED) is 0.0588. The average Bonchev–Trinajstić information content (AvgIpc) is 3.52. The molecule has 3 aliphatic rings. The largest absolute Gasteiger partial charge is 0.459 e. The van der Waals surface area contributed by atoms with Crippen molar-refractivity contribution in [3.8, 4) is 11.1 Å². The number of carbonyl (C=O) groups is 3. The summed E-state index contributed by atoms with van der Waals surface area (Å²) in [6, 6.07) is 31.4. The van der Waals surface area contributed by atoms with Crippen LogP contribution in [-0.4, -0.2) is 74.5 Å². The van der Waals surface area contributed by atoms with E-state index in [1.54, 1.807) is 12.1 Å². The van der Waals surface area contributed by atoms with Crippen molar-refractivity contribution in [2.45, 2.75) is 62.4 Å². The van der Waals surface area contributed by atoms with Crippen LogP contribution in [0.3, 0.4) is 0 Å². The molecule has 2 saturated heterocycles. The van der Waals surface area contributed by atoms with Gasteiger partial charge in [-0.15, -0.1) is 0 Å². The average molecular weight is 735 g/mol. The first kappa shape index (κ1) is 36.6. The van der Waals surface area contributed by atoms with E-state index in [1.165, 1.54) is 6.92 Å². The first-order chi connectivity index (χ1) is 26.4. The Morgan fingerprint density at radius 2 is 1.52 bits per heavy atom. The van der Waals surface area contributed by atoms with Gasteiger partial charge >= 0.3 is 18.0 Å². The molecule has 4 aromatic carbocycles. The maximum Gasteiger partial charge on any atom is 0.407 e. The van der Waals surface area contributed by atoms with Gasteiger partial charge in [-0.1, -0.05) is 114 Å². The number of benzene rings is 4. The molecule has 0 aromatic heterocycles. The molecular weight excluding hydrogens is 696 g/mol. The predicted molar refractivity (Wildman–Crippen MR) is 191 cm³/mol. The SMILES string of the molecule is CC(=O)O[C@H]1[C@H]2OC(c3ccccc3)OC[C@H]2OC(OC[C@H](NC(=O)OCC2c3ccccc3-c3ccccc32)C(=O)OCc2ccccc2)[C@@H]1N=[N+]=[N-]. The zero-order valence-corrected chi connectivity index (χ0v) is 29.3. The fourth-order valence-electron chi connectivity index (χ4n) is 6.96. The highest BCUT2D eigenvalue weighted by Crippen LogP contribution is 2.44. The highest BCUT2D eigenvalue weighted by atomic mass is 16.8. The lowest BCUT2D eigenvalue weighted by Gasteiger charge is -2.47. The van der Waals surface area contributed by atoms with E-state index in [1.807, 2.05) is 97.1 Å². The Morgan fingerprint density at radius 3 is 2.19 bits per heavy atom. The van der Waals surface area contributed by atoms with Gasteiger partial charge in [0.05, 0.1) is 13.2 Å². The molecule has 1 amide bonds. The van der Waals surface area contributed by atoms with Gasteiger partial charge in [0, 0.05) is 23.3 Å². The molecule has 2 fully saturated rings. The van der Waals surface area contributed by atoms with Crippen LogP contribution in [0.25, 0.3) is 21.6 Å². The Bertz CT molecular complexity index is 1950. The number of hydrogen-bond donors (Lipinski definition) is 1. The van der Waals surface area contributed by atoms with Gasteiger partial charge in [0.1, 0.15) is 37.6 Å². The van der Waals surface area contributed by atoms with Crippen LogP contribution in [-0.2, 0) is 49.4 Å². The van der Waals surface area contributed by atoms with E-state index in [4.69, 9.17) is 33.2 Å². The number of fused-ring (bicyclic) bond motifs is 4. The highest BCUT2D eigenvalue weighted by Gasteiger charge is 2.52. The van der Waals surface area contributed by atoms with Crippen LogP contribution in [0.5, 0.6) is 0 Å². The molecule has 1 aliphatic carbocycles. The lowest BCUT2D eigenvalue weighted by Crippen LogP contribution is -2.63. The monoisotopic (exact) mass is 734 g/mol. The molecule has 0 spiro atoms. The second-order valence-electron chi connectivity index (χ2n) is 12.9. The zero-order chi connectivity index (χ0) is 37.4. The standard InChI is InChI=1S/C40H38N4O10/c1-24(45)52-36-34(43-44-41)39(53-33-23-50-38(54-35(33)36)26-14-6-3-7-15-26)49-22-32(37(46)48-20-25-12-4-2-5-13-25)42-40(47)51-21-31-29-18-10-8-16-27(29)28-17-9-11-19-30(28)31/h2-19,31-36,38-39H,20-23H2,1H3,(H,42,47)/t32-,33+,34+,35-,36+,38?,39?/m0/s1. The smallest absolute Gasteiger partial charge is 0.407 e. The second-order valence-corrected chi connectivity index (χ2v) is 12.9. The lowest BCUT2D eigenvalue weighted by molar-refractivity contribution is -0.342. The van der Waals surface area contributed by atoms with Crippen molar-refractivity contribution in [3.63, 3.8) is 0 Å². The third-order valence-corrected chi connectivity index (χ3v) is 9.44. The van der Waals surface area contributed by atoms with Gasteiger partial charge in [-0.2, -0.15) is 0 Å². The molecular formula is C40H38N4O10. The molecule has 54 heavy (non-hydrogen) atoms. The number of nitrogens with one attached hydrogen (secondary N) is 1. The summed E-state index contributed by atoms with van der Waals surface area (Å²) in [6.07, 6.45) is -5.88. The molecule has 7 rings (SSSR count). The Balaban J connectivity index is 1.06. The summed E-state index contributed by atoms with van der Waals surface area (Å²) in [4.78, 5) is 42.1. The molecule has 2 aliphatic heterocycles. The Kier molecular flexibility index (Phi) is 11.5. The van der Waals surface area contributed by atoms with Crippen molar-refractivity contribution in [1.82, 2.24) is 5.32 Å². The lowest BCUT2D eigenvalue weighted by atomic mass is 9.96. The van der Waals surface area contributed by atoms with Gasteiger partial charge in [0.25, 0.3) is 0 Å². The molecule has 4 aromatic rings. The topological polar surface area (TPSA) is 177 Å². The minimum Gasteiger partial charge on any atom is -0.459 e. The van der Waals surface area contributed by atoms with Gasteiger partial charge in [0.2, 0.25) is 0 Å². The number of carbonyl (C=O) groups excluding carboxylic acids is 3. The molecule has 0 saturated carbocycles. The van der Waals surface area contributed by atoms with Crippen molar-refractivity contribution in [3.05, 3.63) is 142 Å². The molecule has 0 bridgehead atoms. The van der Waals surface area contributed by atoms with E-state index in [9.17, 15) is 19.9 Å². The fourth-order valence-corrected chi connectivity index (χ4v) is 6.96. The molecule has 7 atom stereocenters. The van der Waals surface area contributed by atoms with E-state index < -0.39 is 67.6 Å². The summed E-state index contributed by atoms with van der Waals surface area (Å²) in [5.74, 6) is -1.67. The van der Waals surface area contributed by atoms with Crippen LogP contribution in [0.4, 0.5) is 4.79 Å². The first-order valence-electron chi connectivity index (χ1n) is 17.5. The zero-order valence-electron chi connectivity index (χ0n) is 29.3.